The summed E-state index contributed by atoms with van der Waals surface area (Å²) >= 11 is 1.36. The van der Waals surface area contributed by atoms with E-state index in [4.69, 9.17) is 10.6 Å². The minimum absolute atomic E-state index is 0.122. The van der Waals surface area contributed by atoms with Crippen LogP contribution in [0.2, 0.25) is 0 Å². The Morgan fingerprint density at radius 3 is 2.61 bits per heavy atom. The van der Waals surface area contributed by atoms with Gasteiger partial charge in [0.2, 0.25) is 11.1 Å². The molecule has 1 heterocycles. The van der Waals surface area contributed by atoms with Gasteiger partial charge in [-0.2, -0.15) is 0 Å². The van der Waals surface area contributed by atoms with Crippen molar-refractivity contribution in [2.45, 2.75) is 61.9 Å². The van der Waals surface area contributed by atoms with Gasteiger partial charge in [0.1, 0.15) is 5.75 Å². The number of rotatable bonds is 7. The van der Waals surface area contributed by atoms with Crippen molar-refractivity contribution in [1.82, 2.24) is 19.8 Å². The van der Waals surface area contributed by atoms with E-state index in [2.05, 4.69) is 10.2 Å². The summed E-state index contributed by atoms with van der Waals surface area (Å²) in [6.07, 6.45) is 6.44. The molecule has 1 amide bonds. The van der Waals surface area contributed by atoms with Gasteiger partial charge in [-0.25, -0.2) is 4.68 Å². The predicted molar refractivity (Wildman–Crippen MR) is 111 cm³/mol. The molecule has 7 nitrogen and oxygen atoms in total. The quantitative estimate of drug-likeness (QED) is 0.565. The molecule has 1 fully saturated rings. The second kappa shape index (κ2) is 9.32. The molecule has 1 saturated carbocycles. The molecule has 1 aromatic heterocycles. The number of methoxy groups -OCH3 is 1. The van der Waals surface area contributed by atoms with Crippen molar-refractivity contribution in [2.75, 3.05) is 20.0 Å². The monoisotopic (exact) mass is 403 g/mol. The van der Waals surface area contributed by atoms with Crippen LogP contribution < -0.4 is 10.6 Å². The Balaban J connectivity index is 1.61. The molecule has 8 heteroatoms. The van der Waals surface area contributed by atoms with E-state index in [0.29, 0.717) is 23.4 Å². The van der Waals surface area contributed by atoms with Crippen LogP contribution in [0.25, 0.3) is 0 Å². The lowest BCUT2D eigenvalue weighted by Crippen LogP contribution is -2.42. The van der Waals surface area contributed by atoms with Crippen molar-refractivity contribution in [2.24, 2.45) is 0 Å². The van der Waals surface area contributed by atoms with Gasteiger partial charge in [-0.05, 0) is 37.5 Å². The Morgan fingerprint density at radius 1 is 1.29 bits per heavy atom. The maximum Gasteiger partial charge on any atom is 0.235 e. The van der Waals surface area contributed by atoms with E-state index < -0.39 is 0 Å². The third-order valence-corrected chi connectivity index (χ3v) is 6.40. The average molecular weight is 404 g/mol. The van der Waals surface area contributed by atoms with Crippen LogP contribution in [0.4, 0.5) is 0 Å². The molecule has 2 N–H and O–H groups in total. The van der Waals surface area contributed by atoms with E-state index in [9.17, 15) is 4.79 Å². The van der Waals surface area contributed by atoms with Crippen LogP contribution in [0, 0.1) is 0 Å². The van der Waals surface area contributed by atoms with Crippen LogP contribution in [0.1, 0.15) is 50.4 Å². The standard InChI is InChI=1S/C20H29N5O2S/c1-14(19(26)24(2)16-7-5-4-6-8-16)28-20-23-22-18(25(20)21)13-15-9-11-17(27-3)12-10-15/h9-12,14,16H,4-8,13,21H2,1-3H3/t14-/m1/s1. The summed E-state index contributed by atoms with van der Waals surface area (Å²) in [6, 6.07) is 8.12. The van der Waals surface area contributed by atoms with Crippen LogP contribution in [-0.4, -0.2) is 51.1 Å². The molecule has 28 heavy (non-hydrogen) atoms. The van der Waals surface area contributed by atoms with Crippen LogP contribution in [0.15, 0.2) is 29.4 Å². The summed E-state index contributed by atoms with van der Waals surface area (Å²) in [5.41, 5.74) is 1.07. The second-order valence-corrected chi connectivity index (χ2v) is 8.60. The fraction of sp³-hybridized carbons (Fsp3) is 0.550. The van der Waals surface area contributed by atoms with Gasteiger partial charge in [-0.3, -0.25) is 4.79 Å². The molecule has 0 bridgehead atoms. The number of nitrogens with two attached hydrogens (primary N) is 1. The summed E-state index contributed by atoms with van der Waals surface area (Å²) in [4.78, 5) is 14.7. The number of carbonyl (C=O) groups excluding carboxylic acids is 1. The molecule has 0 aliphatic heterocycles. The van der Waals surface area contributed by atoms with Gasteiger partial charge in [0.15, 0.2) is 5.82 Å². The molecular weight excluding hydrogens is 374 g/mol. The molecule has 1 aliphatic rings. The Labute approximate surface area is 170 Å². The van der Waals surface area contributed by atoms with Gasteiger partial charge < -0.3 is 15.5 Å². The molecule has 0 saturated heterocycles. The lowest BCUT2D eigenvalue weighted by molar-refractivity contribution is -0.131. The van der Waals surface area contributed by atoms with Crippen molar-refractivity contribution in [3.05, 3.63) is 35.7 Å². The number of nitrogen functional groups attached to an aromatic ring is 1. The Hall–Kier alpha value is -2.22. The Bertz CT molecular complexity index is 786. The number of aromatic nitrogens is 3. The number of hydrogen-bond donors (Lipinski definition) is 1. The Morgan fingerprint density at radius 2 is 1.96 bits per heavy atom. The first-order valence-electron chi connectivity index (χ1n) is 9.75. The largest absolute Gasteiger partial charge is 0.497 e. The molecule has 0 unspecified atom stereocenters. The normalized spacial score (nSPS) is 16.0. The number of thioether (sulfide) groups is 1. The van der Waals surface area contributed by atoms with Gasteiger partial charge in [0, 0.05) is 19.5 Å². The van der Waals surface area contributed by atoms with Crippen LogP contribution in [0.3, 0.4) is 0 Å². The topological polar surface area (TPSA) is 86.3 Å². The van der Waals surface area contributed by atoms with Crippen LogP contribution >= 0.6 is 11.8 Å². The molecule has 1 atom stereocenters. The molecule has 2 aromatic rings. The molecule has 0 spiro atoms. The smallest absolute Gasteiger partial charge is 0.235 e. The van der Waals surface area contributed by atoms with Gasteiger partial charge in [-0.15, -0.1) is 10.2 Å². The molecule has 0 radical (unpaired) electrons. The molecule has 152 valence electrons. The maximum absolute atomic E-state index is 12.8. The van der Waals surface area contributed by atoms with E-state index in [1.54, 1.807) is 7.11 Å². The summed E-state index contributed by atoms with van der Waals surface area (Å²) < 4.78 is 6.66. The molecule has 1 aromatic carbocycles. The highest BCUT2D eigenvalue weighted by atomic mass is 32.2. The molecule has 3 rings (SSSR count). The van der Waals surface area contributed by atoms with E-state index in [1.807, 2.05) is 43.1 Å². The first kappa shape index (κ1) is 20.5. The summed E-state index contributed by atoms with van der Waals surface area (Å²) in [6.45, 7) is 1.91. The minimum Gasteiger partial charge on any atom is -0.497 e. The fourth-order valence-corrected chi connectivity index (χ4v) is 4.47. The predicted octanol–water partition coefficient (Wildman–Crippen LogP) is 2.86. The molecular formula is C20H29N5O2S. The number of carbonyl (C=O) groups is 1. The third kappa shape index (κ3) is 4.79. The maximum atomic E-state index is 12.8. The van der Waals surface area contributed by atoms with Gasteiger partial charge in [-0.1, -0.05) is 43.2 Å². The first-order valence-corrected chi connectivity index (χ1v) is 10.6. The number of ether oxygens (including phenoxy) is 1. The van der Waals surface area contributed by atoms with Crippen LogP contribution in [0.5, 0.6) is 5.75 Å². The van der Waals surface area contributed by atoms with Crippen molar-refractivity contribution in [1.29, 1.82) is 0 Å². The van der Waals surface area contributed by atoms with Gasteiger partial charge >= 0.3 is 0 Å². The summed E-state index contributed by atoms with van der Waals surface area (Å²) in [7, 11) is 3.56. The number of benzene rings is 1. The zero-order valence-corrected chi connectivity index (χ0v) is 17.6. The van der Waals surface area contributed by atoms with Gasteiger partial charge in [0.25, 0.3) is 0 Å². The van der Waals surface area contributed by atoms with Crippen molar-refractivity contribution >= 4 is 17.7 Å². The zero-order valence-electron chi connectivity index (χ0n) is 16.8. The number of amides is 1. The first-order chi connectivity index (χ1) is 13.5. The molecule has 1 aliphatic carbocycles. The SMILES string of the molecule is COc1ccc(Cc2nnc(S[C@H](C)C(=O)N(C)C3CCCCC3)n2N)cc1. The van der Waals surface area contributed by atoms with Crippen LogP contribution in [-0.2, 0) is 11.2 Å². The lowest BCUT2D eigenvalue weighted by Gasteiger charge is -2.32. The minimum atomic E-state index is -0.257. The summed E-state index contributed by atoms with van der Waals surface area (Å²) in [5.74, 6) is 7.79. The fourth-order valence-electron chi connectivity index (χ4n) is 3.58. The van der Waals surface area contributed by atoms with Crippen molar-refractivity contribution < 1.29 is 9.53 Å². The zero-order chi connectivity index (χ0) is 20.1. The Kier molecular flexibility index (Phi) is 6.83. The van der Waals surface area contributed by atoms with Crippen molar-refractivity contribution in [3.8, 4) is 5.75 Å². The van der Waals surface area contributed by atoms with Gasteiger partial charge in [0.05, 0.1) is 12.4 Å². The van der Waals surface area contributed by atoms with E-state index in [1.165, 1.54) is 35.7 Å². The highest BCUT2D eigenvalue weighted by Crippen LogP contribution is 2.27. The van der Waals surface area contributed by atoms with E-state index in [0.717, 1.165) is 24.2 Å². The second-order valence-electron chi connectivity index (χ2n) is 7.29. The number of hydrogen-bond acceptors (Lipinski definition) is 6. The average Bonchev–Trinajstić information content (AvgIpc) is 3.07. The van der Waals surface area contributed by atoms with E-state index >= 15 is 0 Å². The highest BCUT2D eigenvalue weighted by molar-refractivity contribution is 8.00. The van der Waals surface area contributed by atoms with E-state index in [-0.39, 0.29) is 11.2 Å². The third-order valence-electron chi connectivity index (χ3n) is 5.36. The lowest BCUT2D eigenvalue weighted by atomic mass is 9.94. The number of nitrogens with zero attached hydrogens (tertiary/aromatic N) is 4. The highest BCUT2D eigenvalue weighted by Gasteiger charge is 2.27. The van der Waals surface area contributed by atoms with Crippen molar-refractivity contribution in [3.63, 3.8) is 0 Å². The summed E-state index contributed by atoms with van der Waals surface area (Å²) in [5, 5.41) is 8.71.